The molecule has 0 aliphatic carbocycles. The van der Waals surface area contributed by atoms with Crippen molar-refractivity contribution in [2.45, 2.75) is 6.92 Å². The first-order chi connectivity index (χ1) is 7.65. The molecule has 3 heteroatoms. The molecule has 0 saturated heterocycles. The monoisotopic (exact) mass is 216 g/mol. The Morgan fingerprint density at radius 1 is 0.875 bits per heavy atom. The van der Waals surface area contributed by atoms with E-state index in [-0.39, 0.29) is 11.5 Å². The maximum absolute atomic E-state index is 9.30. The molecular weight excluding hydrogens is 204 g/mol. The van der Waals surface area contributed by atoms with Gasteiger partial charge < -0.3 is 14.9 Å². The quantitative estimate of drug-likeness (QED) is 0.758. The highest BCUT2D eigenvalue weighted by Gasteiger charge is 2.02. The van der Waals surface area contributed by atoms with Crippen LogP contribution in [0.2, 0.25) is 0 Å². The van der Waals surface area contributed by atoms with Crippen LogP contribution in [0.25, 0.3) is 0 Å². The summed E-state index contributed by atoms with van der Waals surface area (Å²) >= 11 is 0. The highest BCUT2D eigenvalue weighted by molar-refractivity contribution is 5.45. The molecule has 0 saturated carbocycles. The first-order valence-electron chi connectivity index (χ1n) is 4.91. The van der Waals surface area contributed by atoms with Crippen molar-refractivity contribution in [3.63, 3.8) is 0 Å². The Morgan fingerprint density at radius 2 is 1.62 bits per heavy atom. The molecule has 0 heterocycles. The van der Waals surface area contributed by atoms with Crippen LogP contribution in [0.15, 0.2) is 42.5 Å². The number of aryl methyl sites for hydroxylation is 1. The van der Waals surface area contributed by atoms with Gasteiger partial charge in [0.15, 0.2) is 11.5 Å². The van der Waals surface area contributed by atoms with E-state index in [0.29, 0.717) is 11.5 Å². The van der Waals surface area contributed by atoms with Crippen LogP contribution >= 0.6 is 0 Å². The topological polar surface area (TPSA) is 49.7 Å². The molecule has 0 aliphatic heterocycles. The molecule has 82 valence electrons. The van der Waals surface area contributed by atoms with Crippen LogP contribution < -0.4 is 4.74 Å². The molecule has 16 heavy (non-hydrogen) atoms. The summed E-state index contributed by atoms with van der Waals surface area (Å²) in [7, 11) is 0. The molecule has 2 aromatic rings. The van der Waals surface area contributed by atoms with Crippen molar-refractivity contribution in [3.8, 4) is 23.0 Å². The van der Waals surface area contributed by atoms with E-state index in [1.807, 2.05) is 31.2 Å². The minimum absolute atomic E-state index is 0.156. The maximum atomic E-state index is 9.30. The second kappa shape index (κ2) is 4.14. The van der Waals surface area contributed by atoms with Crippen LogP contribution in [0.5, 0.6) is 23.0 Å². The number of rotatable bonds is 2. The summed E-state index contributed by atoms with van der Waals surface area (Å²) in [6.45, 7) is 1.97. The molecule has 0 fully saturated rings. The predicted octanol–water partition coefficient (Wildman–Crippen LogP) is 3.20. The third-order valence-corrected chi connectivity index (χ3v) is 2.17. The van der Waals surface area contributed by atoms with E-state index < -0.39 is 0 Å². The Hall–Kier alpha value is -2.16. The minimum atomic E-state index is -0.190. The molecule has 0 aliphatic rings. The SMILES string of the molecule is Cc1cccc(Oc2ccc(O)c(O)c2)c1. The fourth-order valence-electron chi connectivity index (χ4n) is 1.38. The molecule has 0 radical (unpaired) electrons. The van der Waals surface area contributed by atoms with Crippen LogP contribution in [0, 0.1) is 6.92 Å². The average molecular weight is 216 g/mol. The van der Waals surface area contributed by atoms with Crippen LogP contribution in [0.4, 0.5) is 0 Å². The van der Waals surface area contributed by atoms with Crippen LogP contribution in [-0.4, -0.2) is 10.2 Å². The number of hydrogen-bond donors (Lipinski definition) is 2. The lowest BCUT2D eigenvalue weighted by atomic mass is 10.2. The molecule has 0 amide bonds. The van der Waals surface area contributed by atoms with Crippen LogP contribution in [-0.2, 0) is 0 Å². The highest BCUT2D eigenvalue weighted by Crippen LogP contribution is 2.31. The van der Waals surface area contributed by atoms with Crippen molar-refractivity contribution >= 4 is 0 Å². The molecular formula is C13H12O3. The summed E-state index contributed by atoms with van der Waals surface area (Å²) < 4.78 is 5.52. The molecule has 0 bridgehead atoms. The lowest BCUT2D eigenvalue weighted by Crippen LogP contribution is -1.84. The number of phenolic OH excluding ortho intramolecular Hbond substituents is 2. The summed E-state index contributed by atoms with van der Waals surface area (Å²) in [6, 6.07) is 11.9. The van der Waals surface area contributed by atoms with Gasteiger partial charge in [0, 0.05) is 6.07 Å². The number of aromatic hydroxyl groups is 2. The van der Waals surface area contributed by atoms with Gasteiger partial charge in [0.2, 0.25) is 0 Å². The van der Waals surface area contributed by atoms with E-state index in [1.165, 1.54) is 12.1 Å². The summed E-state index contributed by atoms with van der Waals surface area (Å²) in [5, 5.41) is 18.5. The molecule has 0 aromatic heterocycles. The third kappa shape index (κ3) is 2.25. The molecule has 2 aromatic carbocycles. The maximum Gasteiger partial charge on any atom is 0.161 e. The van der Waals surface area contributed by atoms with E-state index >= 15 is 0 Å². The van der Waals surface area contributed by atoms with Crippen LogP contribution in [0.3, 0.4) is 0 Å². The van der Waals surface area contributed by atoms with Crippen molar-refractivity contribution in [1.29, 1.82) is 0 Å². The summed E-state index contributed by atoms with van der Waals surface area (Å²) in [5.74, 6) is 0.840. The molecule has 0 atom stereocenters. The molecule has 0 spiro atoms. The first kappa shape index (κ1) is 10.4. The van der Waals surface area contributed by atoms with Gasteiger partial charge in [-0.2, -0.15) is 0 Å². The van der Waals surface area contributed by atoms with E-state index in [0.717, 1.165) is 5.56 Å². The molecule has 3 nitrogen and oxygen atoms in total. The smallest absolute Gasteiger partial charge is 0.161 e. The van der Waals surface area contributed by atoms with Gasteiger partial charge in [-0.25, -0.2) is 0 Å². The van der Waals surface area contributed by atoms with Crippen molar-refractivity contribution in [2.24, 2.45) is 0 Å². The Morgan fingerprint density at radius 3 is 2.31 bits per heavy atom. The Kier molecular flexibility index (Phi) is 2.68. The Bertz CT molecular complexity index is 506. The average Bonchev–Trinajstić information content (AvgIpc) is 2.24. The molecule has 0 unspecified atom stereocenters. The van der Waals surface area contributed by atoms with Crippen LogP contribution in [0.1, 0.15) is 5.56 Å². The van der Waals surface area contributed by atoms with Gasteiger partial charge >= 0.3 is 0 Å². The van der Waals surface area contributed by atoms with Gasteiger partial charge in [0.25, 0.3) is 0 Å². The molecule has 2 rings (SSSR count). The van der Waals surface area contributed by atoms with E-state index in [4.69, 9.17) is 9.84 Å². The van der Waals surface area contributed by atoms with Crippen molar-refractivity contribution in [1.82, 2.24) is 0 Å². The lowest BCUT2D eigenvalue weighted by molar-refractivity contribution is 0.398. The fraction of sp³-hybridized carbons (Fsp3) is 0.0769. The zero-order valence-electron chi connectivity index (χ0n) is 8.84. The van der Waals surface area contributed by atoms with E-state index in [9.17, 15) is 5.11 Å². The number of ether oxygens (including phenoxy) is 1. The summed E-state index contributed by atoms with van der Waals surface area (Å²) in [4.78, 5) is 0. The van der Waals surface area contributed by atoms with Gasteiger partial charge in [-0.15, -0.1) is 0 Å². The van der Waals surface area contributed by atoms with E-state index in [2.05, 4.69) is 0 Å². The van der Waals surface area contributed by atoms with Gasteiger partial charge in [0.05, 0.1) is 0 Å². The Labute approximate surface area is 93.6 Å². The first-order valence-corrected chi connectivity index (χ1v) is 4.91. The minimum Gasteiger partial charge on any atom is -0.504 e. The molecule has 2 N–H and O–H groups in total. The number of benzene rings is 2. The second-order valence-corrected chi connectivity index (χ2v) is 3.57. The normalized spacial score (nSPS) is 10.1. The van der Waals surface area contributed by atoms with Gasteiger partial charge in [-0.05, 0) is 36.8 Å². The van der Waals surface area contributed by atoms with Gasteiger partial charge in [-0.1, -0.05) is 12.1 Å². The fourth-order valence-corrected chi connectivity index (χ4v) is 1.38. The number of phenols is 2. The van der Waals surface area contributed by atoms with Crippen molar-refractivity contribution in [2.75, 3.05) is 0 Å². The Balaban J connectivity index is 2.24. The zero-order valence-corrected chi connectivity index (χ0v) is 8.84. The highest BCUT2D eigenvalue weighted by atomic mass is 16.5. The number of hydrogen-bond acceptors (Lipinski definition) is 3. The lowest BCUT2D eigenvalue weighted by Gasteiger charge is -2.07. The predicted molar refractivity (Wildman–Crippen MR) is 61.0 cm³/mol. The second-order valence-electron chi connectivity index (χ2n) is 3.57. The third-order valence-electron chi connectivity index (χ3n) is 2.17. The van der Waals surface area contributed by atoms with Crippen molar-refractivity contribution < 1.29 is 14.9 Å². The largest absolute Gasteiger partial charge is 0.504 e. The summed E-state index contributed by atoms with van der Waals surface area (Å²) in [5.41, 5.74) is 1.10. The van der Waals surface area contributed by atoms with Crippen molar-refractivity contribution in [3.05, 3.63) is 48.0 Å². The van der Waals surface area contributed by atoms with E-state index in [1.54, 1.807) is 6.07 Å². The van der Waals surface area contributed by atoms with Gasteiger partial charge in [0.1, 0.15) is 11.5 Å². The van der Waals surface area contributed by atoms with Gasteiger partial charge in [-0.3, -0.25) is 0 Å². The standard InChI is InChI=1S/C13H12O3/c1-9-3-2-4-10(7-9)16-11-5-6-12(14)13(15)8-11/h2-8,14-15H,1H3. The zero-order chi connectivity index (χ0) is 11.5. The summed E-state index contributed by atoms with van der Waals surface area (Å²) in [6.07, 6.45) is 0.